The fourth-order valence-electron chi connectivity index (χ4n) is 1.26. The number of rotatable bonds is 3. The van der Waals surface area contributed by atoms with Crippen molar-refractivity contribution in [1.29, 1.82) is 0 Å². The molecule has 0 unspecified atom stereocenters. The van der Waals surface area contributed by atoms with E-state index in [-0.39, 0.29) is 5.78 Å². The van der Waals surface area contributed by atoms with E-state index in [1.807, 2.05) is 20.8 Å². The third-order valence-corrected chi connectivity index (χ3v) is 2.21. The molecule has 0 radical (unpaired) electrons. The second-order valence-corrected chi connectivity index (χ2v) is 3.57. The van der Waals surface area contributed by atoms with Crippen molar-refractivity contribution in [3.8, 4) is 0 Å². The molecule has 0 amide bonds. The summed E-state index contributed by atoms with van der Waals surface area (Å²) in [5.74, 6) is 0.183. The summed E-state index contributed by atoms with van der Waals surface area (Å²) >= 11 is 5.81. The minimum atomic E-state index is 0.183. The van der Waals surface area contributed by atoms with Crippen molar-refractivity contribution in [2.45, 2.75) is 19.8 Å². The molecule has 0 aliphatic rings. The molecule has 3 heteroatoms. The smallest absolute Gasteiger partial charge is 0.162 e. The summed E-state index contributed by atoms with van der Waals surface area (Å²) in [5.41, 5.74) is 1.76. The standard InChI is InChI=1S/C10H12BClO/c1-2-3-10(13)8-6-7(12)4-5-9(8)11/h4-6H,2-3,11H2,1H3. The minimum Gasteiger partial charge on any atom is -0.294 e. The molecule has 0 atom stereocenters. The minimum absolute atomic E-state index is 0.183. The van der Waals surface area contributed by atoms with Gasteiger partial charge in [-0.1, -0.05) is 30.1 Å². The summed E-state index contributed by atoms with van der Waals surface area (Å²) in [6.07, 6.45) is 1.48. The highest BCUT2D eigenvalue weighted by Crippen LogP contribution is 2.10. The molecular weight excluding hydrogens is 182 g/mol. The Morgan fingerprint density at radius 2 is 2.23 bits per heavy atom. The lowest BCUT2D eigenvalue weighted by molar-refractivity contribution is 0.0983. The van der Waals surface area contributed by atoms with E-state index in [9.17, 15) is 4.79 Å². The van der Waals surface area contributed by atoms with E-state index in [0.717, 1.165) is 17.4 Å². The second-order valence-electron chi connectivity index (χ2n) is 3.13. The molecule has 0 saturated carbocycles. The third-order valence-electron chi connectivity index (χ3n) is 1.98. The molecule has 0 heterocycles. The fraction of sp³-hybridized carbons (Fsp3) is 0.300. The molecule has 0 N–H and O–H groups in total. The molecule has 0 aromatic heterocycles. The summed E-state index contributed by atoms with van der Waals surface area (Å²) in [5, 5.41) is 0.630. The van der Waals surface area contributed by atoms with Crippen LogP contribution in [0.2, 0.25) is 5.02 Å². The Morgan fingerprint density at radius 3 is 2.85 bits per heavy atom. The largest absolute Gasteiger partial charge is 0.294 e. The van der Waals surface area contributed by atoms with E-state index in [0.29, 0.717) is 11.4 Å². The van der Waals surface area contributed by atoms with Crippen LogP contribution in [0.1, 0.15) is 30.1 Å². The normalized spacial score (nSPS) is 10.0. The van der Waals surface area contributed by atoms with Crippen LogP contribution in [0.25, 0.3) is 0 Å². The lowest BCUT2D eigenvalue weighted by Crippen LogP contribution is -2.15. The molecule has 0 bridgehead atoms. The topological polar surface area (TPSA) is 17.1 Å². The number of ketones is 1. The Hall–Kier alpha value is -0.755. The van der Waals surface area contributed by atoms with Crippen LogP contribution in [-0.2, 0) is 0 Å². The van der Waals surface area contributed by atoms with Gasteiger partial charge in [-0.05, 0) is 18.6 Å². The van der Waals surface area contributed by atoms with Crippen LogP contribution in [0, 0.1) is 0 Å². The summed E-state index contributed by atoms with van der Waals surface area (Å²) in [6, 6.07) is 5.43. The molecule has 0 spiro atoms. The Kier molecular flexibility index (Phi) is 3.55. The molecule has 1 rings (SSSR count). The van der Waals surface area contributed by atoms with Gasteiger partial charge in [-0.2, -0.15) is 0 Å². The first-order chi connectivity index (χ1) is 6.15. The van der Waals surface area contributed by atoms with Crippen molar-refractivity contribution in [3.05, 3.63) is 28.8 Å². The predicted octanol–water partition coefficient (Wildman–Crippen LogP) is 1.58. The molecule has 1 aromatic carbocycles. The molecule has 0 aliphatic heterocycles. The lowest BCUT2D eigenvalue weighted by atomic mass is 9.88. The van der Waals surface area contributed by atoms with Crippen LogP contribution < -0.4 is 5.46 Å². The van der Waals surface area contributed by atoms with Crippen molar-refractivity contribution < 1.29 is 4.79 Å². The van der Waals surface area contributed by atoms with Gasteiger partial charge in [0.05, 0.1) is 0 Å². The molecule has 68 valence electrons. The summed E-state index contributed by atoms with van der Waals surface area (Å²) in [7, 11) is 1.93. The van der Waals surface area contributed by atoms with E-state index < -0.39 is 0 Å². The Labute approximate surface area is 84.5 Å². The molecule has 13 heavy (non-hydrogen) atoms. The first-order valence-corrected chi connectivity index (χ1v) is 4.82. The monoisotopic (exact) mass is 194 g/mol. The zero-order chi connectivity index (χ0) is 9.84. The number of hydrogen-bond donors (Lipinski definition) is 0. The highest BCUT2D eigenvalue weighted by Gasteiger charge is 2.07. The predicted molar refractivity (Wildman–Crippen MR) is 58.9 cm³/mol. The van der Waals surface area contributed by atoms with Crippen molar-refractivity contribution >= 4 is 30.7 Å². The van der Waals surface area contributed by atoms with Crippen LogP contribution in [0.5, 0.6) is 0 Å². The molecule has 0 aliphatic carbocycles. The van der Waals surface area contributed by atoms with Crippen molar-refractivity contribution in [2.75, 3.05) is 0 Å². The van der Waals surface area contributed by atoms with E-state index in [1.54, 1.807) is 12.1 Å². The third kappa shape index (κ3) is 2.59. The lowest BCUT2D eigenvalue weighted by Gasteiger charge is -2.04. The number of hydrogen-bond acceptors (Lipinski definition) is 1. The number of halogens is 1. The summed E-state index contributed by atoms with van der Waals surface area (Å²) in [4.78, 5) is 11.6. The van der Waals surface area contributed by atoms with Gasteiger partial charge in [-0.3, -0.25) is 4.79 Å². The van der Waals surface area contributed by atoms with Crippen LogP contribution in [0.3, 0.4) is 0 Å². The van der Waals surface area contributed by atoms with Crippen LogP contribution in [-0.4, -0.2) is 13.6 Å². The van der Waals surface area contributed by atoms with Gasteiger partial charge in [-0.15, -0.1) is 0 Å². The first kappa shape index (κ1) is 10.3. The van der Waals surface area contributed by atoms with Crippen LogP contribution in [0.15, 0.2) is 18.2 Å². The van der Waals surface area contributed by atoms with E-state index in [2.05, 4.69) is 0 Å². The molecule has 1 nitrogen and oxygen atoms in total. The Morgan fingerprint density at radius 1 is 1.54 bits per heavy atom. The molecule has 0 saturated heterocycles. The maximum Gasteiger partial charge on any atom is 0.162 e. The maximum absolute atomic E-state index is 11.6. The molecule has 1 aromatic rings. The van der Waals surface area contributed by atoms with Gasteiger partial charge in [0.25, 0.3) is 0 Å². The molecular formula is C10H12BClO. The second kappa shape index (κ2) is 4.47. The summed E-state index contributed by atoms with van der Waals surface area (Å²) < 4.78 is 0. The van der Waals surface area contributed by atoms with Crippen molar-refractivity contribution in [3.63, 3.8) is 0 Å². The number of carbonyl (C=O) groups excluding carboxylic acids is 1. The zero-order valence-electron chi connectivity index (χ0n) is 7.93. The highest BCUT2D eigenvalue weighted by atomic mass is 35.5. The Bertz CT molecular complexity index is 323. The fourth-order valence-corrected chi connectivity index (χ4v) is 1.43. The zero-order valence-corrected chi connectivity index (χ0v) is 8.69. The van der Waals surface area contributed by atoms with Crippen molar-refractivity contribution in [1.82, 2.24) is 0 Å². The summed E-state index contributed by atoms with van der Waals surface area (Å²) in [6.45, 7) is 2.00. The van der Waals surface area contributed by atoms with Crippen LogP contribution in [0.4, 0.5) is 0 Å². The van der Waals surface area contributed by atoms with E-state index in [1.165, 1.54) is 0 Å². The average molecular weight is 194 g/mol. The van der Waals surface area contributed by atoms with Gasteiger partial charge in [0.2, 0.25) is 0 Å². The number of benzene rings is 1. The van der Waals surface area contributed by atoms with Gasteiger partial charge >= 0.3 is 0 Å². The highest BCUT2D eigenvalue weighted by molar-refractivity contribution is 6.38. The first-order valence-electron chi connectivity index (χ1n) is 4.44. The van der Waals surface area contributed by atoms with E-state index >= 15 is 0 Å². The SMILES string of the molecule is Bc1ccc(Cl)cc1C(=O)CCC. The quantitative estimate of drug-likeness (QED) is 0.527. The van der Waals surface area contributed by atoms with Crippen LogP contribution >= 0.6 is 11.6 Å². The van der Waals surface area contributed by atoms with Crippen molar-refractivity contribution in [2.24, 2.45) is 0 Å². The number of Topliss-reactive ketones (excluding diaryl/α,β-unsaturated/α-hetero) is 1. The van der Waals surface area contributed by atoms with Gasteiger partial charge in [0, 0.05) is 17.0 Å². The van der Waals surface area contributed by atoms with Gasteiger partial charge in [0.15, 0.2) is 5.78 Å². The van der Waals surface area contributed by atoms with Gasteiger partial charge in [0.1, 0.15) is 7.85 Å². The van der Waals surface area contributed by atoms with E-state index in [4.69, 9.17) is 11.6 Å². The number of carbonyl (C=O) groups is 1. The molecule has 0 fully saturated rings. The van der Waals surface area contributed by atoms with Gasteiger partial charge < -0.3 is 0 Å². The Balaban J connectivity index is 2.99. The average Bonchev–Trinajstić information content (AvgIpc) is 2.09. The van der Waals surface area contributed by atoms with Gasteiger partial charge in [-0.25, -0.2) is 0 Å². The maximum atomic E-state index is 11.6.